The molecule has 1 amide bonds. The van der Waals surface area contributed by atoms with Crippen molar-refractivity contribution in [2.45, 2.75) is 6.92 Å². The van der Waals surface area contributed by atoms with Gasteiger partial charge in [-0.1, -0.05) is 6.07 Å². The number of carbonyl (C=O) groups is 2. The molecule has 0 fully saturated rings. The van der Waals surface area contributed by atoms with Gasteiger partial charge in [0.05, 0.1) is 16.5 Å². The molecule has 0 saturated carbocycles. The van der Waals surface area contributed by atoms with E-state index in [0.29, 0.717) is 5.13 Å². The van der Waals surface area contributed by atoms with Gasteiger partial charge in [-0.05, 0) is 24.4 Å². The number of thiophene rings is 1. The van der Waals surface area contributed by atoms with Crippen molar-refractivity contribution < 1.29 is 14.7 Å². The summed E-state index contributed by atoms with van der Waals surface area (Å²) in [6, 6.07) is 3.86. The summed E-state index contributed by atoms with van der Waals surface area (Å²) in [5, 5.41) is 17.1. The highest BCUT2D eigenvalue weighted by Crippen LogP contribution is 2.28. The number of carboxylic acids is 1. The first-order valence-electron chi connectivity index (χ1n) is 5.26. The summed E-state index contributed by atoms with van der Waals surface area (Å²) in [7, 11) is 0. The lowest BCUT2D eigenvalue weighted by Gasteiger charge is -2.01. The van der Waals surface area contributed by atoms with Crippen LogP contribution in [0.15, 0.2) is 34.5 Å². The fourth-order valence-corrected chi connectivity index (χ4v) is 2.77. The molecule has 0 aliphatic heterocycles. The van der Waals surface area contributed by atoms with Gasteiger partial charge in [-0.3, -0.25) is 10.1 Å². The summed E-state index contributed by atoms with van der Waals surface area (Å²) in [5.41, 5.74) is 0.852. The number of nitrogens with zero attached hydrogens (tertiary/aromatic N) is 1. The molecule has 0 aliphatic rings. The zero-order valence-electron chi connectivity index (χ0n) is 9.88. The van der Waals surface area contributed by atoms with E-state index in [2.05, 4.69) is 10.3 Å². The first-order chi connectivity index (χ1) is 9.06. The lowest BCUT2D eigenvalue weighted by Crippen LogP contribution is -2.22. The quantitative estimate of drug-likeness (QED) is 0.866. The predicted octanol–water partition coefficient (Wildman–Crippen LogP) is 1.51. The third-order valence-electron chi connectivity index (χ3n) is 2.19. The standard InChI is InChI=1S/C12H10N2O3S2/c1-7(5-10(15)16)11(17)14-12-13-8(6-19-12)9-3-2-4-18-9/h2-6H,1H3,(H,15,16)(H,13,14,17)/p-1/b7-5-. The lowest BCUT2D eigenvalue weighted by atomic mass is 10.2. The molecule has 0 aromatic carbocycles. The average molecular weight is 293 g/mol. The Morgan fingerprint density at radius 1 is 1.42 bits per heavy atom. The molecule has 98 valence electrons. The number of hydrogen-bond acceptors (Lipinski definition) is 6. The van der Waals surface area contributed by atoms with E-state index in [1.807, 2.05) is 22.9 Å². The Balaban J connectivity index is 2.09. The van der Waals surface area contributed by atoms with Gasteiger partial charge in [0, 0.05) is 11.0 Å². The normalized spacial score (nSPS) is 11.3. The highest BCUT2D eigenvalue weighted by Gasteiger charge is 2.09. The second-order valence-corrected chi connectivity index (χ2v) is 5.42. The lowest BCUT2D eigenvalue weighted by molar-refractivity contribution is -0.297. The number of hydrogen-bond donors (Lipinski definition) is 1. The van der Waals surface area contributed by atoms with Crippen LogP contribution < -0.4 is 10.4 Å². The zero-order chi connectivity index (χ0) is 13.8. The van der Waals surface area contributed by atoms with Gasteiger partial charge in [0.15, 0.2) is 5.13 Å². The van der Waals surface area contributed by atoms with Gasteiger partial charge in [0.25, 0.3) is 5.91 Å². The zero-order valence-corrected chi connectivity index (χ0v) is 11.5. The maximum atomic E-state index is 11.6. The van der Waals surface area contributed by atoms with E-state index in [1.54, 1.807) is 11.3 Å². The molecule has 2 heterocycles. The van der Waals surface area contributed by atoms with E-state index in [1.165, 1.54) is 18.3 Å². The Bertz CT molecular complexity index is 629. The molecule has 0 spiro atoms. The van der Waals surface area contributed by atoms with Gasteiger partial charge in [-0.15, -0.1) is 22.7 Å². The number of amides is 1. The molecule has 0 saturated heterocycles. The fourth-order valence-electron chi connectivity index (χ4n) is 1.31. The van der Waals surface area contributed by atoms with E-state index in [9.17, 15) is 14.7 Å². The van der Waals surface area contributed by atoms with Crippen LogP contribution in [0.5, 0.6) is 0 Å². The summed E-state index contributed by atoms with van der Waals surface area (Å²) in [6.07, 6.45) is 0.753. The maximum Gasteiger partial charge on any atom is 0.253 e. The Hall–Kier alpha value is -1.99. The van der Waals surface area contributed by atoms with Crippen LogP contribution in [-0.4, -0.2) is 16.9 Å². The molecule has 0 aliphatic carbocycles. The van der Waals surface area contributed by atoms with E-state index in [-0.39, 0.29) is 5.57 Å². The van der Waals surface area contributed by atoms with Crippen LogP contribution in [0, 0.1) is 0 Å². The minimum Gasteiger partial charge on any atom is -0.545 e. The minimum absolute atomic E-state index is 0.0628. The van der Waals surface area contributed by atoms with E-state index >= 15 is 0 Å². The summed E-state index contributed by atoms with van der Waals surface area (Å²) in [6.45, 7) is 1.40. The molecular formula is C12H9N2O3S2-. The number of aliphatic carboxylic acids is 1. The third-order valence-corrected chi connectivity index (χ3v) is 3.84. The molecule has 1 N–H and O–H groups in total. The number of carboxylic acid groups (broad SMARTS) is 1. The second-order valence-electron chi connectivity index (χ2n) is 3.62. The van der Waals surface area contributed by atoms with Gasteiger partial charge >= 0.3 is 0 Å². The third kappa shape index (κ3) is 3.49. The second kappa shape index (κ2) is 5.77. The van der Waals surface area contributed by atoms with Crippen LogP contribution in [-0.2, 0) is 9.59 Å². The molecule has 19 heavy (non-hydrogen) atoms. The molecule has 0 unspecified atom stereocenters. The molecule has 0 radical (unpaired) electrons. The number of aromatic nitrogens is 1. The number of nitrogens with one attached hydrogen (secondary N) is 1. The summed E-state index contributed by atoms with van der Waals surface area (Å²) in [4.78, 5) is 27.3. The van der Waals surface area contributed by atoms with Crippen LogP contribution in [0.2, 0.25) is 0 Å². The van der Waals surface area contributed by atoms with Gasteiger partial charge in [0.1, 0.15) is 0 Å². The smallest absolute Gasteiger partial charge is 0.253 e. The van der Waals surface area contributed by atoms with Gasteiger partial charge in [0.2, 0.25) is 0 Å². The number of anilines is 1. The SMILES string of the molecule is C/C(=C/C(=O)[O-])C(=O)Nc1nc(-c2cccs2)cs1. The molecule has 0 atom stereocenters. The Kier molecular flexibility index (Phi) is 4.08. The van der Waals surface area contributed by atoms with Crippen molar-refractivity contribution in [2.75, 3.05) is 5.32 Å². The largest absolute Gasteiger partial charge is 0.545 e. The number of rotatable bonds is 4. The van der Waals surface area contributed by atoms with E-state index in [0.717, 1.165) is 16.6 Å². The van der Waals surface area contributed by atoms with Crippen molar-refractivity contribution in [3.63, 3.8) is 0 Å². The summed E-state index contributed by atoms with van der Waals surface area (Å²) in [5.74, 6) is -1.90. The van der Waals surface area contributed by atoms with Gasteiger partial charge < -0.3 is 9.90 Å². The van der Waals surface area contributed by atoms with E-state index in [4.69, 9.17) is 0 Å². The Labute approximate surface area is 117 Å². The van der Waals surface area contributed by atoms with Gasteiger partial charge in [-0.25, -0.2) is 4.98 Å². The fraction of sp³-hybridized carbons (Fsp3) is 0.0833. The minimum atomic E-state index is -1.40. The first-order valence-corrected chi connectivity index (χ1v) is 7.02. The molecule has 2 aromatic heterocycles. The Morgan fingerprint density at radius 2 is 2.21 bits per heavy atom. The van der Waals surface area contributed by atoms with Crippen LogP contribution >= 0.6 is 22.7 Å². The van der Waals surface area contributed by atoms with E-state index < -0.39 is 11.9 Å². The van der Waals surface area contributed by atoms with Crippen LogP contribution in [0.1, 0.15) is 6.92 Å². The summed E-state index contributed by atoms with van der Waals surface area (Å²) < 4.78 is 0. The van der Waals surface area contributed by atoms with Gasteiger partial charge in [-0.2, -0.15) is 0 Å². The van der Waals surface area contributed by atoms with Crippen molar-refractivity contribution >= 4 is 39.7 Å². The topological polar surface area (TPSA) is 82.1 Å². The molecule has 2 aromatic rings. The first kappa shape index (κ1) is 13.4. The predicted molar refractivity (Wildman–Crippen MR) is 72.8 cm³/mol. The van der Waals surface area contributed by atoms with Crippen molar-refractivity contribution in [1.29, 1.82) is 0 Å². The highest BCUT2D eigenvalue weighted by molar-refractivity contribution is 7.16. The highest BCUT2D eigenvalue weighted by atomic mass is 32.1. The molecule has 7 heteroatoms. The number of carbonyl (C=O) groups excluding carboxylic acids is 2. The van der Waals surface area contributed by atoms with Crippen molar-refractivity contribution in [1.82, 2.24) is 4.98 Å². The van der Waals surface area contributed by atoms with Crippen LogP contribution in [0.4, 0.5) is 5.13 Å². The molecular weight excluding hydrogens is 284 g/mol. The maximum absolute atomic E-state index is 11.6. The molecule has 2 rings (SSSR count). The monoisotopic (exact) mass is 293 g/mol. The Morgan fingerprint density at radius 3 is 2.84 bits per heavy atom. The summed E-state index contributed by atoms with van der Waals surface area (Å²) >= 11 is 2.84. The number of thiazole rings is 1. The van der Waals surface area contributed by atoms with Crippen molar-refractivity contribution in [3.05, 3.63) is 34.5 Å². The van der Waals surface area contributed by atoms with Crippen molar-refractivity contribution in [2.24, 2.45) is 0 Å². The van der Waals surface area contributed by atoms with Crippen LogP contribution in [0.25, 0.3) is 10.6 Å². The molecule has 5 nitrogen and oxygen atoms in total. The van der Waals surface area contributed by atoms with Crippen LogP contribution in [0.3, 0.4) is 0 Å². The molecule has 0 bridgehead atoms. The van der Waals surface area contributed by atoms with Crippen molar-refractivity contribution in [3.8, 4) is 10.6 Å². The average Bonchev–Trinajstić information content (AvgIpc) is 2.96.